The van der Waals surface area contributed by atoms with Crippen LogP contribution < -0.4 is 27.4 Å². The fraction of sp³-hybridized carbons (Fsp3) is 0.471. The van der Waals surface area contributed by atoms with E-state index in [-0.39, 0.29) is 17.4 Å². The predicted molar refractivity (Wildman–Crippen MR) is 95.3 cm³/mol. The zero-order valence-electron chi connectivity index (χ0n) is 14.5. The summed E-state index contributed by atoms with van der Waals surface area (Å²) in [6, 6.07) is 3.93. The molecule has 1 aliphatic heterocycles. The number of anilines is 1. The second-order valence-electron chi connectivity index (χ2n) is 6.65. The van der Waals surface area contributed by atoms with E-state index in [2.05, 4.69) is 20.9 Å². The van der Waals surface area contributed by atoms with Crippen molar-refractivity contribution >= 4 is 11.9 Å². The molecule has 1 fully saturated rings. The van der Waals surface area contributed by atoms with Gasteiger partial charge in [0.1, 0.15) is 17.2 Å². The van der Waals surface area contributed by atoms with Crippen molar-refractivity contribution in [3.05, 3.63) is 41.0 Å². The van der Waals surface area contributed by atoms with Crippen LogP contribution in [0.1, 0.15) is 24.8 Å². The SMILES string of the molecule is NCCCNc1cc(F)cc(C2(N)N=CC(C(F)(F)F)=C(NC3CC3)N2)c1. The first-order valence-electron chi connectivity index (χ1n) is 8.66. The van der Waals surface area contributed by atoms with Crippen molar-refractivity contribution in [2.24, 2.45) is 16.5 Å². The van der Waals surface area contributed by atoms with Crippen molar-refractivity contribution in [1.29, 1.82) is 0 Å². The summed E-state index contributed by atoms with van der Waals surface area (Å²) in [4.78, 5) is 3.85. The number of alkyl halides is 3. The van der Waals surface area contributed by atoms with Gasteiger partial charge in [-0.25, -0.2) is 9.38 Å². The Morgan fingerprint density at radius 1 is 1.26 bits per heavy atom. The number of benzene rings is 1. The molecule has 1 atom stereocenters. The van der Waals surface area contributed by atoms with Crippen LogP contribution in [0.2, 0.25) is 0 Å². The van der Waals surface area contributed by atoms with E-state index in [0.29, 0.717) is 31.4 Å². The minimum atomic E-state index is -4.59. The Balaban J connectivity index is 1.88. The fourth-order valence-corrected chi connectivity index (χ4v) is 2.67. The molecule has 1 aromatic carbocycles. The highest BCUT2D eigenvalue weighted by Gasteiger charge is 2.42. The molecular weight excluding hydrogens is 364 g/mol. The first-order valence-corrected chi connectivity index (χ1v) is 8.66. The Morgan fingerprint density at radius 3 is 2.63 bits per heavy atom. The molecule has 1 unspecified atom stereocenters. The van der Waals surface area contributed by atoms with E-state index >= 15 is 0 Å². The number of aliphatic imine (C=N–C) groups is 1. The second kappa shape index (κ2) is 7.35. The van der Waals surface area contributed by atoms with Gasteiger partial charge in [0.05, 0.1) is 0 Å². The lowest BCUT2D eigenvalue weighted by molar-refractivity contribution is -0.0876. The molecule has 10 heteroatoms. The van der Waals surface area contributed by atoms with E-state index in [1.807, 2.05) is 0 Å². The first kappa shape index (κ1) is 19.4. The lowest BCUT2D eigenvalue weighted by atomic mass is 10.0. The molecule has 1 aromatic rings. The first-order chi connectivity index (χ1) is 12.7. The summed E-state index contributed by atoms with van der Waals surface area (Å²) in [5.74, 6) is -2.55. The van der Waals surface area contributed by atoms with Crippen LogP contribution in [0, 0.1) is 5.82 Å². The van der Waals surface area contributed by atoms with Gasteiger partial charge in [-0.15, -0.1) is 0 Å². The molecule has 0 saturated heterocycles. The normalized spacial score (nSPS) is 22.6. The number of hydrogen-bond donors (Lipinski definition) is 5. The van der Waals surface area contributed by atoms with E-state index in [1.54, 1.807) is 6.07 Å². The van der Waals surface area contributed by atoms with E-state index in [0.717, 1.165) is 18.9 Å². The van der Waals surface area contributed by atoms with Crippen molar-refractivity contribution in [1.82, 2.24) is 10.6 Å². The molecule has 0 aromatic heterocycles. The Hall–Kier alpha value is -2.33. The Kier molecular flexibility index (Phi) is 5.29. The van der Waals surface area contributed by atoms with Gasteiger partial charge in [-0.2, -0.15) is 13.2 Å². The molecule has 1 saturated carbocycles. The van der Waals surface area contributed by atoms with Crippen LogP contribution >= 0.6 is 0 Å². The lowest BCUT2D eigenvalue weighted by Gasteiger charge is -2.34. The molecule has 6 nitrogen and oxygen atoms in total. The third-order valence-corrected chi connectivity index (χ3v) is 4.26. The van der Waals surface area contributed by atoms with Gasteiger partial charge in [-0.1, -0.05) is 0 Å². The third-order valence-electron chi connectivity index (χ3n) is 4.26. The molecule has 0 radical (unpaired) electrons. The molecule has 1 aliphatic carbocycles. The maximum atomic E-state index is 14.0. The number of halogens is 4. The average molecular weight is 386 g/mol. The van der Waals surface area contributed by atoms with Crippen LogP contribution in [-0.2, 0) is 5.79 Å². The largest absolute Gasteiger partial charge is 0.421 e. The van der Waals surface area contributed by atoms with E-state index in [1.165, 1.54) is 6.07 Å². The molecule has 1 heterocycles. The smallest absolute Gasteiger partial charge is 0.385 e. The molecular formula is C17H22F4N6. The summed E-state index contributed by atoms with van der Waals surface area (Å²) in [5.41, 5.74) is 11.3. The minimum Gasteiger partial charge on any atom is -0.385 e. The molecule has 0 bridgehead atoms. The second-order valence-corrected chi connectivity index (χ2v) is 6.65. The van der Waals surface area contributed by atoms with Crippen LogP contribution in [0.5, 0.6) is 0 Å². The van der Waals surface area contributed by atoms with Gasteiger partial charge in [0.2, 0.25) is 5.79 Å². The molecule has 0 spiro atoms. The van der Waals surface area contributed by atoms with Crippen molar-refractivity contribution in [2.45, 2.75) is 37.3 Å². The molecule has 0 amide bonds. The molecule has 148 valence electrons. The van der Waals surface area contributed by atoms with E-state index in [4.69, 9.17) is 11.5 Å². The molecule has 3 rings (SSSR count). The quantitative estimate of drug-likeness (QED) is 0.364. The zero-order valence-corrected chi connectivity index (χ0v) is 14.5. The minimum absolute atomic E-state index is 0.0402. The van der Waals surface area contributed by atoms with Gasteiger partial charge >= 0.3 is 6.18 Å². The van der Waals surface area contributed by atoms with Gasteiger partial charge in [-0.3, -0.25) is 5.73 Å². The average Bonchev–Trinajstić information content (AvgIpc) is 3.37. The van der Waals surface area contributed by atoms with E-state index < -0.39 is 23.4 Å². The van der Waals surface area contributed by atoms with Crippen LogP contribution in [0.3, 0.4) is 0 Å². The van der Waals surface area contributed by atoms with Gasteiger partial charge < -0.3 is 21.7 Å². The Bertz CT molecular complexity index is 756. The van der Waals surface area contributed by atoms with Crippen LogP contribution in [0.4, 0.5) is 23.2 Å². The summed E-state index contributed by atoms with van der Waals surface area (Å²) in [6.45, 7) is 1.00. The Morgan fingerprint density at radius 2 is 2.00 bits per heavy atom. The highest BCUT2D eigenvalue weighted by molar-refractivity contribution is 5.82. The summed E-state index contributed by atoms with van der Waals surface area (Å²) in [6.07, 6.45) is -1.66. The number of allylic oxidation sites excluding steroid dienone is 1. The lowest BCUT2D eigenvalue weighted by Crippen LogP contribution is -2.54. The Labute approximate surface area is 154 Å². The van der Waals surface area contributed by atoms with Crippen LogP contribution in [-0.4, -0.2) is 31.5 Å². The third kappa shape index (κ3) is 4.69. The topological polar surface area (TPSA) is 100 Å². The highest BCUT2D eigenvalue weighted by atomic mass is 19.4. The number of nitrogens with zero attached hydrogens (tertiary/aromatic N) is 1. The molecule has 2 aliphatic rings. The number of hydrogen-bond acceptors (Lipinski definition) is 6. The predicted octanol–water partition coefficient (Wildman–Crippen LogP) is 1.86. The summed E-state index contributed by atoms with van der Waals surface area (Å²) >= 11 is 0. The summed E-state index contributed by atoms with van der Waals surface area (Å²) in [7, 11) is 0. The van der Waals surface area contributed by atoms with Crippen LogP contribution in [0.25, 0.3) is 0 Å². The molecule has 27 heavy (non-hydrogen) atoms. The van der Waals surface area contributed by atoms with Gasteiger partial charge in [-0.05, 0) is 44.0 Å². The highest BCUT2D eigenvalue weighted by Crippen LogP contribution is 2.33. The zero-order chi connectivity index (χ0) is 19.7. The summed E-state index contributed by atoms with van der Waals surface area (Å²) in [5, 5.41) is 8.42. The fourth-order valence-electron chi connectivity index (χ4n) is 2.67. The van der Waals surface area contributed by atoms with Crippen LogP contribution in [0.15, 0.2) is 34.6 Å². The monoisotopic (exact) mass is 386 g/mol. The molecule has 7 N–H and O–H groups in total. The van der Waals surface area contributed by atoms with E-state index in [9.17, 15) is 17.6 Å². The van der Waals surface area contributed by atoms with Gasteiger partial charge in [0, 0.05) is 30.1 Å². The summed E-state index contributed by atoms with van der Waals surface area (Å²) < 4.78 is 53.8. The van der Waals surface area contributed by atoms with Crippen molar-refractivity contribution in [3.63, 3.8) is 0 Å². The number of rotatable bonds is 7. The number of nitrogens with one attached hydrogen (secondary N) is 3. The van der Waals surface area contributed by atoms with Gasteiger partial charge in [0.25, 0.3) is 0 Å². The maximum absolute atomic E-state index is 14.0. The van der Waals surface area contributed by atoms with Crippen molar-refractivity contribution in [2.75, 3.05) is 18.4 Å². The van der Waals surface area contributed by atoms with Gasteiger partial charge in [0.15, 0.2) is 0 Å². The van der Waals surface area contributed by atoms with Crippen molar-refractivity contribution in [3.8, 4) is 0 Å². The standard InChI is InChI=1S/C17H22F4N6/c18-11-6-10(7-13(8-11)24-5-1-4-22)17(23)25-9-14(16(19,20)21)15(27-17)26-12-2-3-12/h6-9,12,24,26-27H,1-5,22-23H2. The van der Waals surface area contributed by atoms with Crippen molar-refractivity contribution < 1.29 is 17.6 Å². The maximum Gasteiger partial charge on any atom is 0.421 e. The number of nitrogens with two attached hydrogens (primary N) is 2.